The second-order valence-corrected chi connectivity index (χ2v) is 13.4. The number of methoxy groups -OCH3 is 2. The number of nitrogens with one attached hydrogen (secondary N) is 1. The highest BCUT2D eigenvalue weighted by atomic mass is 79.9. The summed E-state index contributed by atoms with van der Waals surface area (Å²) in [4.78, 5) is 29.5. The van der Waals surface area contributed by atoms with Crippen LogP contribution >= 0.6 is 15.9 Å². The molecule has 0 aliphatic heterocycles. The predicted octanol–water partition coefficient (Wildman–Crippen LogP) is 5.75. The van der Waals surface area contributed by atoms with Crippen molar-refractivity contribution in [2.45, 2.75) is 37.8 Å². The number of anilines is 1. The van der Waals surface area contributed by atoms with Gasteiger partial charge >= 0.3 is 0 Å². The summed E-state index contributed by atoms with van der Waals surface area (Å²) in [6.07, 6.45) is 0.235. The molecule has 0 radical (unpaired) electrons. The SMILES string of the molecule is CCNC(=O)C(Cc1ccccc1)N(Cc1cccc(Br)c1)C(=O)CN(c1ccc(C)cc1)S(=O)(=O)c1ccc(OC)c(OC)c1. The Morgan fingerprint density at radius 1 is 0.848 bits per heavy atom. The van der Waals surface area contributed by atoms with E-state index in [1.807, 2.05) is 68.4 Å². The number of hydrogen-bond donors (Lipinski definition) is 1. The van der Waals surface area contributed by atoms with Crippen LogP contribution in [0.5, 0.6) is 11.5 Å². The lowest BCUT2D eigenvalue weighted by Gasteiger charge is -2.34. The number of likely N-dealkylation sites (N-methyl/N-ethyl adjacent to an activating group) is 1. The Kier molecular flexibility index (Phi) is 11.8. The van der Waals surface area contributed by atoms with Gasteiger partial charge in [0.15, 0.2) is 11.5 Å². The summed E-state index contributed by atoms with van der Waals surface area (Å²) >= 11 is 3.49. The maximum absolute atomic E-state index is 14.5. The minimum absolute atomic E-state index is 0.0745. The number of halogens is 1. The molecule has 0 aliphatic carbocycles. The zero-order chi connectivity index (χ0) is 33.3. The molecular formula is C35H38BrN3O6S. The summed E-state index contributed by atoms with van der Waals surface area (Å²) < 4.78 is 41.2. The molecule has 0 aromatic heterocycles. The van der Waals surface area contributed by atoms with Crippen LogP contribution in [0.2, 0.25) is 0 Å². The van der Waals surface area contributed by atoms with Crippen molar-refractivity contribution < 1.29 is 27.5 Å². The van der Waals surface area contributed by atoms with E-state index in [-0.39, 0.29) is 29.5 Å². The zero-order valence-corrected chi connectivity index (χ0v) is 28.7. The molecule has 2 amide bonds. The largest absolute Gasteiger partial charge is 0.493 e. The van der Waals surface area contributed by atoms with E-state index in [1.165, 1.54) is 37.3 Å². The van der Waals surface area contributed by atoms with E-state index in [0.29, 0.717) is 18.0 Å². The number of nitrogens with zero attached hydrogens (tertiary/aromatic N) is 2. The molecule has 0 bridgehead atoms. The van der Waals surface area contributed by atoms with E-state index in [0.717, 1.165) is 25.5 Å². The first-order chi connectivity index (χ1) is 22.1. The van der Waals surface area contributed by atoms with Crippen LogP contribution in [0, 0.1) is 6.92 Å². The molecule has 4 rings (SSSR count). The number of rotatable bonds is 14. The fourth-order valence-corrected chi connectivity index (χ4v) is 6.90. The molecule has 0 spiro atoms. The Morgan fingerprint density at radius 3 is 2.15 bits per heavy atom. The van der Waals surface area contributed by atoms with E-state index in [2.05, 4.69) is 21.2 Å². The highest BCUT2D eigenvalue weighted by molar-refractivity contribution is 9.10. The van der Waals surface area contributed by atoms with E-state index < -0.39 is 28.5 Å². The van der Waals surface area contributed by atoms with Crippen LogP contribution < -0.4 is 19.1 Å². The lowest BCUT2D eigenvalue weighted by atomic mass is 10.0. The molecule has 0 saturated carbocycles. The van der Waals surface area contributed by atoms with Crippen molar-refractivity contribution in [2.75, 3.05) is 31.6 Å². The Morgan fingerprint density at radius 2 is 1.52 bits per heavy atom. The average Bonchev–Trinajstić information content (AvgIpc) is 3.05. The normalized spacial score (nSPS) is 11.8. The molecule has 0 saturated heterocycles. The maximum atomic E-state index is 14.5. The van der Waals surface area contributed by atoms with Crippen molar-refractivity contribution in [3.63, 3.8) is 0 Å². The molecule has 0 fully saturated rings. The van der Waals surface area contributed by atoms with Gasteiger partial charge in [0.2, 0.25) is 11.8 Å². The molecule has 4 aromatic carbocycles. The van der Waals surface area contributed by atoms with Crippen LogP contribution in [-0.2, 0) is 32.6 Å². The number of aryl methyl sites for hydroxylation is 1. The Hall–Kier alpha value is -4.35. The molecule has 4 aromatic rings. The van der Waals surface area contributed by atoms with Gasteiger partial charge in [-0.3, -0.25) is 13.9 Å². The second kappa shape index (κ2) is 15.8. The highest BCUT2D eigenvalue weighted by Gasteiger charge is 2.35. The van der Waals surface area contributed by atoms with Crippen LogP contribution in [0.1, 0.15) is 23.6 Å². The third-order valence-corrected chi connectivity index (χ3v) is 9.67. The summed E-state index contributed by atoms with van der Waals surface area (Å²) in [6.45, 7) is 3.59. The molecule has 1 atom stereocenters. The van der Waals surface area contributed by atoms with Crippen molar-refractivity contribution in [3.05, 3.63) is 118 Å². The second-order valence-electron chi connectivity index (χ2n) is 10.6. The van der Waals surface area contributed by atoms with Gasteiger partial charge in [-0.15, -0.1) is 0 Å². The minimum Gasteiger partial charge on any atom is -0.493 e. The van der Waals surface area contributed by atoms with Gasteiger partial charge < -0.3 is 19.7 Å². The summed E-state index contributed by atoms with van der Waals surface area (Å²) in [7, 11) is -1.42. The molecule has 1 N–H and O–H groups in total. The van der Waals surface area contributed by atoms with Crippen molar-refractivity contribution in [2.24, 2.45) is 0 Å². The average molecular weight is 709 g/mol. The summed E-state index contributed by atoms with van der Waals surface area (Å²) in [6, 6.07) is 27.1. The van der Waals surface area contributed by atoms with Crippen LogP contribution in [0.25, 0.3) is 0 Å². The Balaban J connectivity index is 1.82. The molecule has 242 valence electrons. The smallest absolute Gasteiger partial charge is 0.264 e. The van der Waals surface area contributed by atoms with Gasteiger partial charge in [-0.25, -0.2) is 8.42 Å². The quantitative estimate of drug-likeness (QED) is 0.179. The van der Waals surface area contributed by atoms with Crippen LogP contribution in [0.4, 0.5) is 5.69 Å². The van der Waals surface area contributed by atoms with Crippen molar-refractivity contribution in [1.82, 2.24) is 10.2 Å². The van der Waals surface area contributed by atoms with E-state index in [9.17, 15) is 18.0 Å². The van der Waals surface area contributed by atoms with Gasteiger partial charge in [0, 0.05) is 30.0 Å². The van der Waals surface area contributed by atoms with Gasteiger partial charge in [0.25, 0.3) is 10.0 Å². The number of benzene rings is 4. The van der Waals surface area contributed by atoms with Gasteiger partial charge in [-0.05, 0) is 61.4 Å². The molecule has 1 unspecified atom stereocenters. The van der Waals surface area contributed by atoms with Crippen molar-refractivity contribution in [1.29, 1.82) is 0 Å². The molecule has 0 aliphatic rings. The van der Waals surface area contributed by atoms with Gasteiger partial charge in [0.1, 0.15) is 12.6 Å². The van der Waals surface area contributed by atoms with Crippen LogP contribution in [0.3, 0.4) is 0 Å². The lowest BCUT2D eigenvalue weighted by molar-refractivity contribution is -0.140. The number of ether oxygens (including phenoxy) is 2. The minimum atomic E-state index is -4.31. The molecule has 11 heteroatoms. The number of carbonyl (C=O) groups is 2. The van der Waals surface area contributed by atoms with Gasteiger partial charge in [-0.1, -0.05) is 76.1 Å². The Bertz CT molecular complexity index is 1750. The first-order valence-corrected chi connectivity index (χ1v) is 17.0. The molecule has 46 heavy (non-hydrogen) atoms. The third-order valence-electron chi connectivity index (χ3n) is 7.41. The van der Waals surface area contributed by atoms with E-state index >= 15 is 0 Å². The highest BCUT2D eigenvalue weighted by Crippen LogP contribution is 2.32. The summed E-state index contributed by atoms with van der Waals surface area (Å²) in [5, 5.41) is 2.87. The molecule has 9 nitrogen and oxygen atoms in total. The summed E-state index contributed by atoms with van der Waals surface area (Å²) in [5.41, 5.74) is 2.86. The summed E-state index contributed by atoms with van der Waals surface area (Å²) in [5.74, 6) is -0.282. The number of sulfonamides is 1. The van der Waals surface area contributed by atoms with Crippen LogP contribution in [-0.4, -0.2) is 58.5 Å². The molecular weight excluding hydrogens is 670 g/mol. The van der Waals surface area contributed by atoms with Gasteiger partial charge in [0.05, 0.1) is 24.8 Å². The Labute approximate surface area is 279 Å². The standard InChI is InChI=1S/C35H38BrN3O6S/c1-5-37-35(41)31(21-26-10-7-6-8-11-26)38(23-27-12-9-13-28(36)20-27)34(40)24-39(29-16-14-25(2)15-17-29)46(42,43)30-18-19-32(44-3)33(22-30)45-4/h6-20,22,31H,5,21,23-24H2,1-4H3,(H,37,41). The monoisotopic (exact) mass is 707 g/mol. The van der Waals surface area contributed by atoms with Crippen molar-refractivity contribution in [3.8, 4) is 11.5 Å². The first-order valence-electron chi connectivity index (χ1n) is 14.7. The third kappa shape index (κ3) is 8.46. The van der Waals surface area contributed by atoms with E-state index in [1.54, 1.807) is 24.3 Å². The first kappa shape index (κ1) is 34.5. The number of amides is 2. The fraction of sp³-hybridized carbons (Fsp3) is 0.257. The topological polar surface area (TPSA) is 105 Å². The maximum Gasteiger partial charge on any atom is 0.264 e. The van der Waals surface area contributed by atoms with E-state index in [4.69, 9.17) is 9.47 Å². The predicted molar refractivity (Wildman–Crippen MR) is 183 cm³/mol. The van der Waals surface area contributed by atoms with Crippen molar-refractivity contribution >= 4 is 43.5 Å². The zero-order valence-electron chi connectivity index (χ0n) is 26.3. The number of carbonyl (C=O) groups excluding carboxylic acids is 2. The lowest BCUT2D eigenvalue weighted by Crippen LogP contribution is -2.53. The number of hydrogen-bond acceptors (Lipinski definition) is 6. The fourth-order valence-electron chi connectivity index (χ4n) is 5.02. The van der Waals surface area contributed by atoms with Crippen LogP contribution in [0.15, 0.2) is 106 Å². The molecule has 0 heterocycles. The van der Waals surface area contributed by atoms with Gasteiger partial charge in [-0.2, -0.15) is 0 Å².